The Labute approximate surface area is 83.8 Å². The molecule has 1 atom stereocenters. The van der Waals surface area contributed by atoms with Gasteiger partial charge in [0.25, 0.3) is 5.91 Å². The smallest absolute Gasteiger partial charge is 0.250 e. The first-order chi connectivity index (χ1) is 5.86. The Morgan fingerprint density at radius 1 is 1.46 bits per heavy atom. The summed E-state index contributed by atoms with van der Waals surface area (Å²) in [6, 6.07) is 0.433. The van der Waals surface area contributed by atoms with E-state index in [1.807, 2.05) is 0 Å². The van der Waals surface area contributed by atoms with Gasteiger partial charge in [-0.2, -0.15) is 0 Å². The molecule has 5 heteroatoms. The summed E-state index contributed by atoms with van der Waals surface area (Å²) in [7, 11) is 0. The van der Waals surface area contributed by atoms with Gasteiger partial charge in [-0.05, 0) is 12.8 Å². The van der Waals surface area contributed by atoms with Gasteiger partial charge in [0.05, 0.1) is 6.61 Å². The van der Waals surface area contributed by atoms with Gasteiger partial charge in [0.1, 0.15) is 6.10 Å². The lowest BCUT2D eigenvalue weighted by Crippen LogP contribution is -2.48. The molecule has 76 valence electrons. The number of amides is 1. The van der Waals surface area contributed by atoms with Gasteiger partial charge in [-0.25, -0.2) is 0 Å². The van der Waals surface area contributed by atoms with Crippen LogP contribution in [-0.4, -0.2) is 37.7 Å². The number of hydrogen-bond donors (Lipinski definition) is 2. The second kappa shape index (κ2) is 4.79. The van der Waals surface area contributed by atoms with Crippen LogP contribution in [0.15, 0.2) is 0 Å². The highest BCUT2D eigenvalue weighted by atomic mass is 35.5. The molecular formula is C8H15ClN2O2. The number of hydrogen-bond acceptors (Lipinski definition) is 3. The number of halogens is 1. The van der Waals surface area contributed by atoms with Crippen LogP contribution in [0.5, 0.6) is 0 Å². The Hall–Kier alpha value is -0.320. The standard InChI is InChI=1S/C8H14N2O2.ClH/c11-8(10-6-1-2-6)7-5-9-3-4-12-7;/h6-7,9H,1-5H2,(H,10,11);1H. The SMILES string of the molecule is Cl.O=C(NC1CC1)C1CNCCO1. The fourth-order valence-corrected chi connectivity index (χ4v) is 1.26. The average Bonchev–Trinajstić information content (AvgIpc) is 2.90. The highest BCUT2D eigenvalue weighted by Crippen LogP contribution is 2.18. The van der Waals surface area contributed by atoms with Crippen LogP contribution < -0.4 is 10.6 Å². The molecule has 2 aliphatic rings. The minimum Gasteiger partial charge on any atom is -0.366 e. The largest absolute Gasteiger partial charge is 0.366 e. The fraction of sp³-hybridized carbons (Fsp3) is 0.875. The third-order valence-corrected chi connectivity index (χ3v) is 2.14. The number of nitrogens with one attached hydrogen (secondary N) is 2. The Kier molecular flexibility index (Phi) is 3.96. The van der Waals surface area contributed by atoms with Crippen LogP contribution >= 0.6 is 12.4 Å². The van der Waals surface area contributed by atoms with E-state index in [-0.39, 0.29) is 24.4 Å². The molecule has 2 fully saturated rings. The molecule has 0 radical (unpaired) electrons. The van der Waals surface area contributed by atoms with Crippen LogP contribution in [-0.2, 0) is 9.53 Å². The topological polar surface area (TPSA) is 50.4 Å². The van der Waals surface area contributed by atoms with Gasteiger partial charge in [0.2, 0.25) is 0 Å². The zero-order valence-corrected chi connectivity index (χ0v) is 8.23. The molecule has 2 rings (SSSR count). The molecule has 0 spiro atoms. The van der Waals surface area contributed by atoms with Crippen molar-refractivity contribution in [2.45, 2.75) is 25.0 Å². The van der Waals surface area contributed by atoms with Gasteiger partial charge in [0.15, 0.2) is 0 Å². The monoisotopic (exact) mass is 206 g/mol. The number of carbonyl (C=O) groups excluding carboxylic acids is 1. The Balaban J connectivity index is 0.000000845. The van der Waals surface area contributed by atoms with E-state index in [9.17, 15) is 4.79 Å². The third-order valence-electron chi connectivity index (χ3n) is 2.14. The normalized spacial score (nSPS) is 27.5. The minimum absolute atomic E-state index is 0. The molecule has 0 aromatic heterocycles. The third kappa shape index (κ3) is 3.14. The zero-order chi connectivity index (χ0) is 8.39. The molecule has 1 aliphatic carbocycles. The summed E-state index contributed by atoms with van der Waals surface area (Å²) < 4.78 is 5.29. The number of rotatable bonds is 2. The molecule has 1 saturated carbocycles. The highest BCUT2D eigenvalue weighted by molar-refractivity contribution is 5.85. The maximum absolute atomic E-state index is 11.4. The van der Waals surface area contributed by atoms with Crippen LogP contribution in [0.1, 0.15) is 12.8 Å². The van der Waals surface area contributed by atoms with Gasteiger partial charge in [-0.3, -0.25) is 4.79 Å². The summed E-state index contributed by atoms with van der Waals surface area (Å²) in [5, 5.41) is 6.04. The van der Waals surface area contributed by atoms with Crippen molar-refractivity contribution < 1.29 is 9.53 Å². The molecular weight excluding hydrogens is 192 g/mol. The van der Waals surface area contributed by atoms with Gasteiger partial charge < -0.3 is 15.4 Å². The molecule has 0 aromatic rings. The average molecular weight is 207 g/mol. The lowest BCUT2D eigenvalue weighted by atomic mass is 10.3. The molecule has 13 heavy (non-hydrogen) atoms. The summed E-state index contributed by atoms with van der Waals surface area (Å²) in [6.45, 7) is 2.15. The summed E-state index contributed by atoms with van der Waals surface area (Å²) in [5.74, 6) is 0.0460. The second-order valence-electron chi connectivity index (χ2n) is 3.35. The van der Waals surface area contributed by atoms with E-state index in [1.165, 1.54) is 0 Å². The first-order valence-electron chi connectivity index (χ1n) is 4.49. The molecule has 1 unspecified atom stereocenters. The molecule has 4 nitrogen and oxygen atoms in total. The maximum Gasteiger partial charge on any atom is 0.250 e. The molecule has 1 amide bonds. The van der Waals surface area contributed by atoms with Crippen molar-refractivity contribution in [1.29, 1.82) is 0 Å². The van der Waals surface area contributed by atoms with Gasteiger partial charge in [0, 0.05) is 19.1 Å². The Morgan fingerprint density at radius 2 is 2.23 bits per heavy atom. The fourth-order valence-electron chi connectivity index (χ4n) is 1.26. The highest BCUT2D eigenvalue weighted by Gasteiger charge is 2.28. The van der Waals surface area contributed by atoms with E-state index >= 15 is 0 Å². The van der Waals surface area contributed by atoms with Crippen LogP contribution in [0.2, 0.25) is 0 Å². The van der Waals surface area contributed by atoms with E-state index in [0.717, 1.165) is 19.4 Å². The van der Waals surface area contributed by atoms with Crippen molar-refractivity contribution in [2.24, 2.45) is 0 Å². The molecule has 0 bridgehead atoms. The zero-order valence-electron chi connectivity index (χ0n) is 7.41. The van der Waals surface area contributed by atoms with Crippen molar-refractivity contribution in [1.82, 2.24) is 10.6 Å². The first kappa shape index (κ1) is 10.8. The Morgan fingerprint density at radius 3 is 2.77 bits per heavy atom. The first-order valence-corrected chi connectivity index (χ1v) is 4.49. The lowest BCUT2D eigenvalue weighted by molar-refractivity contribution is -0.134. The van der Waals surface area contributed by atoms with E-state index < -0.39 is 0 Å². The van der Waals surface area contributed by atoms with Crippen molar-refractivity contribution in [3.63, 3.8) is 0 Å². The van der Waals surface area contributed by atoms with Crippen LogP contribution in [0.25, 0.3) is 0 Å². The van der Waals surface area contributed by atoms with Gasteiger partial charge >= 0.3 is 0 Å². The number of carbonyl (C=O) groups is 1. The van der Waals surface area contributed by atoms with E-state index in [4.69, 9.17) is 4.74 Å². The van der Waals surface area contributed by atoms with Crippen molar-refractivity contribution in [3.8, 4) is 0 Å². The summed E-state index contributed by atoms with van der Waals surface area (Å²) in [6.07, 6.45) is 2.00. The summed E-state index contributed by atoms with van der Waals surface area (Å²) in [4.78, 5) is 11.4. The summed E-state index contributed by atoms with van der Waals surface area (Å²) >= 11 is 0. The lowest BCUT2D eigenvalue weighted by Gasteiger charge is -2.22. The minimum atomic E-state index is -0.264. The van der Waals surface area contributed by atoms with Crippen LogP contribution in [0.3, 0.4) is 0 Å². The number of morpholine rings is 1. The van der Waals surface area contributed by atoms with Crippen molar-refractivity contribution >= 4 is 18.3 Å². The van der Waals surface area contributed by atoms with E-state index in [2.05, 4.69) is 10.6 Å². The Bertz CT molecular complexity index is 179. The molecule has 1 aliphatic heterocycles. The van der Waals surface area contributed by atoms with Crippen molar-refractivity contribution in [2.75, 3.05) is 19.7 Å². The van der Waals surface area contributed by atoms with Crippen molar-refractivity contribution in [3.05, 3.63) is 0 Å². The second-order valence-corrected chi connectivity index (χ2v) is 3.35. The quantitative estimate of drug-likeness (QED) is 0.651. The predicted molar refractivity (Wildman–Crippen MR) is 51.0 cm³/mol. The molecule has 1 heterocycles. The van der Waals surface area contributed by atoms with E-state index in [1.54, 1.807) is 0 Å². The van der Waals surface area contributed by atoms with Gasteiger partial charge in [-0.1, -0.05) is 0 Å². The van der Waals surface area contributed by atoms with E-state index in [0.29, 0.717) is 19.2 Å². The molecule has 2 N–H and O–H groups in total. The van der Waals surface area contributed by atoms with Gasteiger partial charge in [-0.15, -0.1) is 12.4 Å². The number of ether oxygens (including phenoxy) is 1. The van der Waals surface area contributed by atoms with Crippen LogP contribution in [0.4, 0.5) is 0 Å². The maximum atomic E-state index is 11.4. The van der Waals surface area contributed by atoms with Crippen LogP contribution in [0, 0.1) is 0 Å². The molecule has 1 saturated heterocycles. The molecule has 0 aromatic carbocycles. The predicted octanol–water partition coefficient (Wildman–Crippen LogP) is -0.325. The summed E-state index contributed by atoms with van der Waals surface area (Å²) in [5.41, 5.74) is 0.